The molecule has 1 heterocycles. The Morgan fingerprint density at radius 2 is 2.18 bits per heavy atom. The molecule has 1 aromatic rings. The number of benzene rings is 1. The number of aryl methyl sites for hydroxylation is 1. The average Bonchev–Trinajstić information content (AvgIpc) is 2.31. The summed E-state index contributed by atoms with van der Waals surface area (Å²) in [6.07, 6.45) is 1.98. The summed E-state index contributed by atoms with van der Waals surface area (Å²) in [7, 11) is 1.66. The molecule has 0 atom stereocenters. The van der Waals surface area contributed by atoms with Gasteiger partial charge in [-0.05, 0) is 30.5 Å². The highest BCUT2D eigenvalue weighted by molar-refractivity contribution is 8.00. The third kappa shape index (κ3) is 3.30. The van der Waals surface area contributed by atoms with Crippen molar-refractivity contribution in [1.29, 1.82) is 0 Å². The Labute approximate surface area is 106 Å². The van der Waals surface area contributed by atoms with Crippen molar-refractivity contribution in [2.75, 3.05) is 25.2 Å². The van der Waals surface area contributed by atoms with Crippen molar-refractivity contribution in [1.82, 2.24) is 0 Å². The molecule has 1 aliphatic heterocycles. The third-order valence-corrected chi connectivity index (χ3v) is 3.97. The van der Waals surface area contributed by atoms with Gasteiger partial charge in [0.05, 0.1) is 7.11 Å². The summed E-state index contributed by atoms with van der Waals surface area (Å²) >= 11 is 1.90. The van der Waals surface area contributed by atoms with Crippen molar-refractivity contribution >= 4 is 11.8 Å². The van der Waals surface area contributed by atoms with Crippen LogP contribution in [0.15, 0.2) is 18.2 Å². The summed E-state index contributed by atoms with van der Waals surface area (Å²) in [6, 6.07) is 6.00. The van der Waals surface area contributed by atoms with Crippen molar-refractivity contribution in [3.05, 3.63) is 23.8 Å². The van der Waals surface area contributed by atoms with Crippen LogP contribution in [-0.2, 0) is 6.42 Å². The van der Waals surface area contributed by atoms with E-state index in [0.29, 0.717) is 6.10 Å². The Hall–Kier alpha value is -0.870. The highest BCUT2D eigenvalue weighted by atomic mass is 32.2. The summed E-state index contributed by atoms with van der Waals surface area (Å²) in [5.74, 6) is 3.74. The zero-order chi connectivity index (χ0) is 12.1. The Bertz CT molecular complexity index is 364. The lowest BCUT2D eigenvalue weighted by molar-refractivity contribution is 0.228. The highest BCUT2D eigenvalue weighted by Crippen LogP contribution is 2.32. The fourth-order valence-corrected chi connectivity index (χ4v) is 2.27. The molecule has 0 aliphatic carbocycles. The molecule has 0 radical (unpaired) electrons. The van der Waals surface area contributed by atoms with Crippen LogP contribution in [0.25, 0.3) is 0 Å². The zero-order valence-corrected chi connectivity index (χ0v) is 10.8. The van der Waals surface area contributed by atoms with Crippen LogP contribution >= 0.6 is 11.8 Å². The van der Waals surface area contributed by atoms with Gasteiger partial charge in [0.2, 0.25) is 0 Å². The van der Waals surface area contributed by atoms with E-state index in [4.69, 9.17) is 14.6 Å². The molecule has 0 aromatic heterocycles. The van der Waals surface area contributed by atoms with E-state index in [1.165, 1.54) is 5.56 Å². The number of thioether (sulfide) groups is 1. The molecule has 0 bridgehead atoms. The first-order valence-electron chi connectivity index (χ1n) is 5.85. The van der Waals surface area contributed by atoms with Crippen LogP contribution in [0.3, 0.4) is 0 Å². The number of aliphatic hydroxyl groups excluding tert-OH is 1. The van der Waals surface area contributed by atoms with Crippen molar-refractivity contribution in [3.63, 3.8) is 0 Å². The first-order valence-corrected chi connectivity index (χ1v) is 7.01. The molecule has 94 valence electrons. The van der Waals surface area contributed by atoms with Crippen molar-refractivity contribution in [2.45, 2.75) is 18.9 Å². The maximum atomic E-state index is 8.81. The number of ether oxygens (including phenoxy) is 2. The van der Waals surface area contributed by atoms with E-state index in [9.17, 15) is 0 Å². The van der Waals surface area contributed by atoms with Crippen LogP contribution in [0.4, 0.5) is 0 Å². The van der Waals surface area contributed by atoms with Crippen molar-refractivity contribution in [2.24, 2.45) is 0 Å². The molecule has 1 N–H and O–H groups in total. The highest BCUT2D eigenvalue weighted by Gasteiger charge is 2.21. The Balaban J connectivity index is 2.04. The summed E-state index contributed by atoms with van der Waals surface area (Å²) in [6.45, 7) is 0.222. The van der Waals surface area contributed by atoms with E-state index in [1.54, 1.807) is 7.11 Å². The molecule has 17 heavy (non-hydrogen) atoms. The van der Waals surface area contributed by atoms with Gasteiger partial charge in [-0.25, -0.2) is 0 Å². The van der Waals surface area contributed by atoms with Crippen LogP contribution in [0.5, 0.6) is 11.5 Å². The van der Waals surface area contributed by atoms with Crippen LogP contribution < -0.4 is 9.47 Å². The first-order chi connectivity index (χ1) is 8.33. The molecule has 1 saturated heterocycles. The van der Waals surface area contributed by atoms with E-state index < -0.39 is 0 Å². The average molecular weight is 254 g/mol. The van der Waals surface area contributed by atoms with E-state index in [2.05, 4.69) is 0 Å². The minimum absolute atomic E-state index is 0.222. The lowest BCUT2D eigenvalue weighted by Crippen LogP contribution is -2.31. The second kappa shape index (κ2) is 6.17. The van der Waals surface area contributed by atoms with Gasteiger partial charge in [-0.2, -0.15) is 11.8 Å². The normalized spacial score (nSPS) is 15.4. The number of methoxy groups -OCH3 is 1. The van der Waals surface area contributed by atoms with E-state index in [-0.39, 0.29) is 6.61 Å². The molecule has 0 unspecified atom stereocenters. The van der Waals surface area contributed by atoms with Crippen LogP contribution in [0.2, 0.25) is 0 Å². The number of rotatable bonds is 6. The minimum atomic E-state index is 0.222. The molecular weight excluding hydrogens is 236 g/mol. The maximum absolute atomic E-state index is 8.81. The zero-order valence-electron chi connectivity index (χ0n) is 10.0. The summed E-state index contributed by atoms with van der Waals surface area (Å²) in [4.78, 5) is 0. The monoisotopic (exact) mass is 254 g/mol. The SMILES string of the molecule is COc1cc(CCCO)ccc1OC1CSC1. The van der Waals surface area contributed by atoms with Crippen LogP contribution in [-0.4, -0.2) is 36.4 Å². The molecule has 0 spiro atoms. The Morgan fingerprint density at radius 3 is 2.76 bits per heavy atom. The lowest BCUT2D eigenvalue weighted by Gasteiger charge is -2.26. The summed E-state index contributed by atoms with van der Waals surface area (Å²) < 4.78 is 11.2. The number of hydrogen-bond acceptors (Lipinski definition) is 4. The van der Waals surface area contributed by atoms with Gasteiger partial charge in [0.15, 0.2) is 11.5 Å². The summed E-state index contributed by atoms with van der Waals surface area (Å²) in [5, 5.41) is 8.81. The predicted molar refractivity (Wildman–Crippen MR) is 70.1 cm³/mol. The van der Waals surface area contributed by atoms with Gasteiger partial charge in [-0.15, -0.1) is 0 Å². The molecular formula is C13H18O3S. The molecule has 0 amide bonds. The molecule has 4 heteroatoms. The fraction of sp³-hybridized carbons (Fsp3) is 0.538. The van der Waals surface area contributed by atoms with E-state index in [0.717, 1.165) is 35.8 Å². The van der Waals surface area contributed by atoms with E-state index in [1.807, 2.05) is 30.0 Å². The second-order valence-corrected chi connectivity index (χ2v) is 5.16. The van der Waals surface area contributed by atoms with Gasteiger partial charge in [0.1, 0.15) is 6.10 Å². The smallest absolute Gasteiger partial charge is 0.161 e. The molecule has 3 nitrogen and oxygen atoms in total. The van der Waals surface area contributed by atoms with Gasteiger partial charge in [-0.3, -0.25) is 0 Å². The lowest BCUT2D eigenvalue weighted by atomic mass is 10.1. The Morgan fingerprint density at radius 1 is 1.35 bits per heavy atom. The van der Waals surface area contributed by atoms with Gasteiger partial charge in [-0.1, -0.05) is 6.07 Å². The standard InChI is InChI=1S/C13H18O3S/c1-15-13-7-10(3-2-6-14)4-5-12(13)16-11-8-17-9-11/h4-5,7,11,14H,2-3,6,8-9H2,1H3. The van der Waals surface area contributed by atoms with Gasteiger partial charge in [0, 0.05) is 18.1 Å². The molecule has 2 rings (SSSR count). The molecule has 1 fully saturated rings. The van der Waals surface area contributed by atoms with Crippen LogP contribution in [0, 0.1) is 0 Å². The summed E-state index contributed by atoms with van der Waals surface area (Å²) in [5.41, 5.74) is 1.17. The largest absolute Gasteiger partial charge is 0.493 e. The first kappa shape index (κ1) is 12.6. The second-order valence-electron chi connectivity index (χ2n) is 4.09. The Kier molecular flexibility index (Phi) is 4.57. The number of hydrogen-bond donors (Lipinski definition) is 1. The quantitative estimate of drug-likeness (QED) is 0.844. The predicted octanol–water partition coefficient (Wildman–Crippen LogP) is 2.11. The molecule has 0 saturated carbocycles. The van der Waals surface area contributed by atoms with Gasteiger partial charge < -0.3 is 14.6 Å². The topological polar surface area (TPSA) is 38.7 Å². The van der Waals surface area contributed by atoms with Gasteiger partial charge >= 0.3 is 0 Å². The fourth-order valence-electron chi connectivity index (χ4n) is 1.71. The minimum Gasteiger partial charge on any atom is -0.493 e. The van der Waals surface area contributed by atoms with Crippen molar-refractivity contribution < 1.29 is 14.6 Å². The number of aliphatic hydroxyl groups is 1. The molecule has 1 aromatic carbocycles. The van der Waals surface area contributed by atoms with E-state index >= 15 is 0 Å². The van der Waals surface area contributed by atoms with Gasteiger partial charge in [0.25, 0.3) is 0 Å². The molecule has 1 aliphatic rings. The van der Waals surface area contributed by atoms with Crippen molar-refractivity contribution in [3.8, 4) is 11.5 Å². The maximum Gasteiger partial charge on any atom is 0.161 e. The third-order valence-electron chi connectivity index (χ3n) is 2.75. The van der Waals surface area contributed by atoms with Crippen LogP contribution in [0.1, 0.15) is 12.0 Å².